The Bertz CT molecular complexity index is 1140. The number of nitrogens with zero attached hydrogens (tertiary/aromatic N) is 5. The Morgan fingerprint density at radius 1 is 0.886 bits per heavy atom. The summed E-state index contributed by atoms with van der Waals surface area (Å²) in [5, 5.41) is 26.4. The van der Waals surface area contributed by atoms with E-state index in [9.17, 15) is 0 Å². The van der Waals surface area contributed by atoms with Crippen LogP contribution >= 0.6 is 0 Å². The molecular formula is C30H33N5. The van der Waals surface area contributed by atoms with Crippen LogP contribution in [0.3, 0.4) is 0 Å². The lowest BCUT2D eigenvalue weighted by Crippen LogP contribution is -2.21. The SMILES string of the molecule is CCCCCCCCCCN1C=C/C(=C/N=Nc2ccc(C=C(C#N)C#N)cc2)c2ccccc21. The molecule has 0 saturated heterocycles. The Morgan fingerprint density at radius 3 is 2.29 bits per heavy atom. The molecule has 0 radical (unpaired) electrons. The Hall–Kier alpha value is -3.96. The van der Waals surface area contributed by atoms with Crippen molar-refractivity contribution in [2.75, 3.05) is 11.4 Å². The summed E-state index contributed by atoms with van der Waals surface area (Å²) in [6.45, 7) is 3.29. The summed E-state index contributed by atoms with van der Waals surface area (Å²) in [7, 11) is 0. The van der Waals surface area contributed by atoms with E-state index in [2.05, 4.69) is 58.6 Å². The monoisotopic (exact) mass is 463 g/mol. The van der Waals surface area contributed by atoms with Gasteiger partial charge in [-0.1, -0.05) is 82.2 Å². The summed E-state index contributed by atoms with van der Waals surface area (Å²) in [6, 6.07) is 19.4. The van der Waals surface area contributed by atoms with Gasteiger partial charge in [-0.2, -0.15) is 20.8 Å². The van der Waals surface area contributed by atoms with Crippen molar-refractivity contribution < 1.29 is 0 Å². The Balaban J connectivity index is 1.58. The first-order chi connectivity index (χ1) is 17.2. The predicted octanol–water partition coefficient (Wildman–Crippen LogP) is 8.72. The number of benzene rings is 2. The molecule has 0 unspecified atom stereocenters. The fourth-order valence-corrected chi connectivity index (χ4v) is 4.08. The van der Waals surface area contributed by atoms with E-state index in [-0.39, 0.29) is 5.57 Å². The van der Waals surface area contributed by atoms with Crippen LogP contribution < -0.4 is 4.90 Å². The number of hydrogen-bond acceptors (Lipinski definition) is 5. The molecular weight excluding hydrogens is 430 g/mol. The van der Waals surface area contributed by atoms with Crippen molar-refractivity contribution in [1.29, 1.82) is 10.5 Å². The first-order valence-electron chi connectivity index (χ1n) is 12.5. The van der Waals surface area contributed by atoms with Gasteiger partial charge in [0.05, 0.1) is 11.9 Å². The molecule has 0 N–H and O–H groups in total. The van der Waals surface area contributed by atoms with Gasteiger partial charge in [0.1, 0.15) is 17.7 Å². The number of nitriles is 2. The van der Waals surface area contributed by atoms with Crippen LogP contribution in [0.15, 0.2) is 82.8 Å². The molecule has 0 aromatic heterocycles. The van der Waals surface area contributed by atoms with Crippen LogP contribution in [0.5, 0.6) is 0 Å². The summed E-state index contributed by atoms with van der Waals surface area (Å²) in [5.41, 5.74) is 4.96. The third-order valence-corrected chi connectivity index (χ3v) is 6.03. The molecule has 0 aliphatic carbocycles. The van der Waals surface area contributed by atoms with Crippen molar-refractivity contribution in [1.82, 2.24) is 0 Å². The number of allylic oxidation sites excluding steroid dienone is 3. The maximum Gasteiger partial charge on any atom is 0.130 e. The lowest BCUT2D eigenvalue weighted by atomic mass is 10.0. The number of para-hydroxylation sites is 1. The summed E-state index contributed by atoms with van der Waals surface area (Å²) in [6.07, 6.45) is 18.1. The Morgan fingerprint density at radius 2 is 1.57 bits per heavy atom. The van der Waals surface area contributed by atoms with E-state index in [0.29, 0.717) is 5.69 Å². The highest BCUT2D eigenvalue weighted by Gasteiger charge is 2.15. The average Bonchev–Trinajstić information content (AvgIpc) is 2.90. The first kappa shape index (κ1) is 25.7. The number of rotatable bonds is 12. The minimum atomic E-state index is 0.0725. The van der Waals surface area contributed by atoms with Gasteiger partial charge in [-0.15, -0.1) is 0 Å². The maximum absolute atomic E-state index is 8.88. The molecule has 1 heterocycles. The standard InChI is InChI=1S/C30H33N5/c1-2-3-4-5-6-7-8-11-19-35-20-18-27(29-12-9-10-13-30(29)35)24-33-34-28-16-14-25(15-17-28)21-26(22-31)23-32/h9-10,12-18,20-21,24H,2-8,11,19H2,1H3/b27-24-,34-33?. The van der Waals surface area contributed by atoms with Gasteiger partial charge in [0.2, 0.25) is 0 Å². The van der Waals surface area contributed by atoms with Crippen LogP contribution in [0.4, 0.5) is 11.4 Å². The van der Waals surface area contributed by atoms with Crippen LogP contribution in [0.2, 0.25) is 0 Å². The molecule has 2 aromatic carbocycles. The normalized spacial score (nSPS) is 13.5. The lowest BCUT2D eigenvalue weighted by Gasteiger charge is -2.27. The third kappa shape index (κ3) is 8.09. The number of fused-ring (bicyclic) bond motifs is 1. The molecule has 3 rings (SSSR count). The van der Waals surface area contributed by atoms with E-state index in [1.165, 1.54) is 57.1 Å². The smallest absolute Gasteiger partial charge is 0.130 e. The molecule has 2 aromatic rings. The molecule has 0 spiro atoms. The van der Waals surface area contributed by atoms with E-state index >= 15 is 0 Å². The highest BCUT2D eigenvalue weighted by Crippen LogP contribution is 2.33. The lowest BCUT2D eigenvalue weighted by molar-refractivity contribution is 0.576. The summed E-state index contributed by atoms with van der Waals surface area (Å²) >= 11 is 0. The van der Waals surface area contributed by atoms with Crippen LogP contribution in [0.1, 0.15) is 69.4 Å². The van der Waals surface area contributed by atoms with Gasteiger partial charge in [0, 0.05) is 29.6 Å². The summed E-state index contributed by atoms with van der Waals surface area (Å²) in [4.78, 5) is 2.34. The van der Waals surface area contributed by atoms with Crippen LogP contribution in [-0.2, 0) is 0 Å². The third-order valence-electron chi connectivity index (χ3n) is 6.03. The zero-order valence-electron chi connectivity index (χ0n) is 20.5. The second-order valence-corrected chi connectivity index (χ2v) is 8.67. The van der Waals surface area contributed by atoms with E-state index in [1.807, 2.05) is 36.4 Å². The van der Waals surface area contributed by atoms with E-state index in [0.717, 1.165) is 23.2 Å². The van der Waals surface area contributed by atoms with Gasteiger partial charge in [-0.3, -0.25) is 0 Å². The van der Waals surface area contributed by atoms with Crippen molar-refractivity contribution in [3.63, 3.8) is 0 Å². The van der Waals surface area contributed by atoms with Crippen molar-refractivity contribution in [2.45, 2.75) is 58.3 Å². The van der Waals surface area contributed by atoms with E-state index in [1.54, 1.807) is 12.3 Å². The van der Waals surface area contributed by atoms with E-state index in [4.69, 9.17) is 10.5 Å². The quantitative estimate of drug-likeness (QED) is 0.179. The van der Waals surface area contributed by atoms with Crippen molar-refractivity contribution >= 4 is 23.0 Å². The van der Waals surface area contributed by atoms with E-state index < -0.39 is 0 Å². The molecule has 178 valence electrons. The van der Waals surface area contributed by atoms with Gasteiger partial charge in [0.15, 0.2) is 0 Å². The first-order valence-corrected chi connectivity index (χ1v) is 12.5. The second-order valence-electron chi connectivity index (χ2n) is 8.67. The van der Waals surface area contributed by atoms with Gasteiger partial charge < -0.3 is 4.90 Å². The molecule has 1 aliphatic rings. The minimum absolute atomic E-state index is 0.0725. The minimum Gasteiger partial charge on any atom is -0.347 e. The fraction of sp³-hybridized carbons (Fsp3) is 0.333. The predicted molar refractivity (Wildman–Crippen MR) is 144 cm³/mol. The van der Waals surface area contributed by atoms with Gasteiger partial charge in [-0.05, 0) is 42.3 Å². The number of hydrogen-bond donors (Lipinski definition) is 0. The molecule has 1 aliphatic heterocycles. The van der Waals surface area contributed by atoms with Crippen LogP contribution in [0.25, 0.3) is 11.6 Å². The topological polar surface area (TPSA) is 75.5 Å². The van der Waals surface area contributed by atoms with Gasteiger partial charge >= 0.3 is 0 Å². The molecule has 35 heavy (non-hydrogen) atoms. The Kier molecular flexibility index (Phi) is 10.5. The Labute approximate surface area is 209 Å². The second kappa shape index (κ2) is 14.3. The van der Waals surface area contributed by atoms with Gasteiger partial charge in [-0.25, -0.2) is 0 Å². The zero-order valence-corrected chi connectivity index (χ0v) is 20.5. The molecule has 5 nitrogen and oxygen atoms in total. The zero-order chi connectivity index (χ0) is 24.7. The summed E-state index contributed by atoms with van der Waals surface area (Å²) < 4.78 is 0. The van der Waals surface area contributed by atoms with Crippen LogP contribution in [0, 0.1) is 22.7 Å². The number of unbranched alkanes of at least 4 members (excludes halogenated alkanes) is 7. The van der Waals surface area contributed by atoms with Crippen molar-refractivity contribution in [3.8, 4) is 12.1 Å². The highest BCUT2D eigenvalue weighted by atomic mass is 15.1. The highest BCUT2D eigenvalue weighted by molar-refractivity contribution is 5.86. The van der Waals surface area contributed by atoms with Crippen molar-refractivity contribution in [2.24, 2.45) is 10.2 Å². The molecule has 5 heteroatoms. The molecule has 0 atom stereocenters. The molecule has 0 amide bonds. The number of anilines is 1. The molecule has 0 bridgehead atoms. The van der Waals surface area contributed by atoms with Crippen molar-refractivity contribution in [3.05, 3.63) is 83.7 Å². The molecule has 0 fully saturated rings. The average molecular weight is 464 g/mol. The fourth-order valence-electron chi connectivity index (χ4n) is 4.08. The maximum atomic E-state index is 8.88. The van der Waals surface area contributed by atoms with Gasteiger partial charge in [0.25, 0.3) is 0 Å². The van der Waals surface area contributed by atoms with Crippen LogP contribution in [-0.4, -0.2) is 6.54 Å². The largest absolute Gasteiger partial charge is 0.347 e. The molecule has 0 saturated carbocycles. The number of azo groups is 1. The summed E-state index contributed by atoms with van der Waals surface area (Å²) in [5.74, 6) is 0.